The number of halogens is 7. The van der Waals surface area contributed by atoms with Gasteiger partial charge in [-0.05, 0) is 75.4 Å². The maximum atomic E-state index is 13.1. The monoisotopic (exact) mass is 1370 g/mol. The maximum Gasteiger partial charge on any atom is 0.392 e. The average molecular weight is 1370 g/mol. The second-order valence-electron chi connectivity index (χ2n) is 38.6. The molecule has 0 bridgehead atoms. The van der Waals surface area contributed by atoms with E-state index in [1.54, 1.807) is 40.3 Å². The Morgan fingerprint density at radius 1 is 0.615 bits per heavy atom. The van der Waals surface area contributed by atoms with Crippen molar-refractivity contribution in [1.82, 2.24) is 36.1 Å². The molecule has 5 aliphatic rings. The Morgan fingerprint density at radius 3 is 1.18 bits per heavy atom. The summed E-state index contributed by atoms with van der Waals surface area (Å²) < 4.78 is 103. The van der Waals surface area contributed by atoms with Gasteiger partial charge in [-0.1, -0.05) is 226 Å². The number of carbonyl (C=O) groups excluding carboxylic acids is 1. The Hall–Kier alpha value is -4.18. The van der Waals surface area contributed by atoms with Gasteiger partial charge < -0.3 is 19.5 Å². The summed E-state index contributed by atoms with van der Waals surface area (Å²) in [6.45, 7) is 72.3. The lowest BCUT2D eigenvalue weighted by molar-refractivity contribution is -0.204. The summed E-state index contributed by atoms with van der Waals surface area (Å²) in [5, 5.41) is 23.3. The topological polar surface area (TPSA) is 140 Å². The molecular weight excluding hydrogens is 1230 g/mol. The van der Waals surface area contributed by atoms with Crippen LogP contribution in [0.2, 0.25) is 0 Å². The molecule has 2 saturated heterocycles. The molecule has 0 unspecified atom stereocenters. The van der Waals surface area contributed by atoms with E-state index in [1.807, 2.05) is 41.5 Å². The van der Waals surface area contributed by atoms with E-state index < -0.39 is 45.6 Å². The van der Waals surface area contributed by atoms with Crippen molar-refractivity contribution < 1.29 is 49.7 Å². The Morgan fingerprint density at radius 2 is 1.04 bits per heavy atom. The molecule has 11 nitrogen and oxygen atoms in total. The van der Waals surface area contributed by atoms with E-state index in [-0.39, 0.29) is 69.5 Å². The van der Waals surface area contributed by atoms with Crippen LogP contribution >= 0.6 is 0 Å². The molecule has 4 heterocycles. The number of aromatic nitrogens is 6. The summed E-state index contributed by atoms with van der Waals surface area (Å²) in [4.78, 5) is 11.6. The number of amides is 1. The number of alkyl halides is 7. The first-order valence-corrected chi connectivity index (χ1v) is 34.1. The summed E-state index contributed by atoms with van der Waals surface area (Å²) in [5.41, 5.74) is 1.67. The molecule has 0 spiro atoms. The molecule has 3 N–H and O–H groups in total. The predicted octanol–water partition coefficient (Wildman–Crippen LogP) is 21.0. The van der Waals surface area contributed by atoms with Crippen LogP contribution in [0.25, 0.3) is 0 Å². The maximum absolute atomic E-state index is 13.1. The van der Waals surface area contributed by atoms with Crippen molar-refractivity contribution in [1.29, 1.82) is 0 Å². The van der Waals surface area contributed by atoms with Crippen LogP contribution in [0, 0.1) is 119 Å². The van der Waals surface area contributed by atoms with E-state index in [1.165, 1.54) is 26.8 Å². The first kappa shape index (κ1) is 93.9. The fourth-order valence-corrected chi connectivity index (χ4v) is 9.80. The first-order valence-electron chi connectivity index (χ1n) is 34.1. The minimum absolute atomic E-state index is 0.00694. The molecule has 18 heteroatoms. The number of hydrogen-bond donors (Lipinski definition) is 3. The van der Waals surface area contributed by atoms with Crippen molar-refractivity contribution in [3.05, 3.63) is 23.8 Å². The summed E-state index contributed by atoms with van der Waals surface area (Å²) in [6, 6.07) is 0. The lowest BCUT2D eigenvalue weighted by Gasteiger charge is -2.54. The third kappa shape index (κ3) is 26.4. The van der Waals surface area contributed by atoms with Crippen molar-refractivity contribution in [3.63, 3.8) is 0 Å². The van der Waals surface area contributed by atoms with Crippen LogP contribution in [0.3, 0.4) is 0 Å². The van der Waals surface area contributed by atoms with Gasteiger partial charge in [0, 0.05) is 78.8 Å². The molecule has 2 aromatic heterocycles. The van der Waals surface area contributed by atoms with Gasteiger partial charge in [-0.3, -0.25) is 4.79 Å². The fraction of sp³-hybridized carbons (Fsp3) is 0.859. The van der Waals surface area contributed by atoms with Crippen LogP contribution in [0.4, 0.5) is 30.7 Å². The first-order chi connectivity index (χ1) is 42.3. The number of nitrogens with zero attached hydrogens (tertiary/aromatic N) is 4. The third-order valence-corrected chi connectivity index (χ3v) is 22.2. The highest BCUT2D eigenvalue weighted by atomic mass is 19.4. The zero-order valence-electron chi connectivity index (χ0n) is 67.0. The molecule has 558 valence electrons. The highest BCUT2D eigenvalue weighted by Crippen LogP contribution is 2.62. The second kappa shape index (κ2) is 33.1. The number of aromatic amines is 2. The van der Waals surface area contributed by atoms with Crippen LogP contribution in [0.1, 0.15) is 285 Å². The number of methoxy groups -OCH3 is 1. The minimum Gasteiger partial charge on any atom is -0.384 e. The Labute approximate surface area is 581 Å². The Bertz CT molecular complexity index is 2680. The molecule has 0 aromatic carbocycles. The molecule has 7 rings (SSSR count). The zero-order chi connectivity index (χ0) is 76.9. The lowest BCUT2D eigenvalue weighted by Crippen LogP contribution is -2.60. The number of nitrogens with one attached hydrogen (secondary N) is 3. The third-order valence-electron chi connectivity index (χ3n) is 22.2. The van der Waals surface area contributed by atoms with Gasteiger partial charge in [0.25, 0.3) is 0 Å². The molecule has 1 atom stereocenters. The lowest BCUT2D eigenvalue weighted by atomic mass is 9.52. The average Bonchev–Trinajstić information content (AvgIpc) is 0.771. The van der Waals surface area contributed by atoms with E-state index in [4.69, 9.17) is 33.5 Å². The summed E-state index contributed by atoms with van der Waals surface area (Å²) in [5.74, 6) is 1.56. The van der Waals surface area contributed by atoms with Crippen molar-refractivity contribution >= 4 is 5.91 Å². The van der Waals surface area contributed by atoms with Crippen molar-refractivity contribution in [2.24, 2.45) is 81.7 Å². The predicted molar refractivity (Wildman–Crippen MR) is 383 cm³/mol. The molecule has 0 radical (unpaired) electrons. The second-order valence-corrected chi connectivity index (χ2v) is 38.6. The molecule has 96 heavy (non-hydrogen) atoms. The molecule has 2 aromatic rings. The van der Waals surface area contributed by atoms with Gasteiger partial charge in [0.15, 0.2) is 0 Å². The Kier molecular flexibility index (Phi) is 32.4. The number of H-pyrrole nitrogens is 2. The Balaban J connectivity index is 0. The molecule has 3 aliphatic carbocycles. The van der Waals surface area contributed by atoms with Crippen LogP contribution in [-0.4, -0.2) is 102 Å². The normalized spacial score (nSPS) is 19.7. The highest BCUT2D eigenvalue weighted by molar-refractivity contribution is 5.84. The number of carbonyl (C=O) groups is 1. The molecule has 2 aliphatic heterocycles. The van der Waals surface area contributed by atoms with E-state index in [9.17, 15) is 35.5 Å². The van der Waals surface area contributed by atoms with Gasteiger partial charge in [-0.25, -0.2) is 17.6 Å². The quantitative estimate of drug-likeness (QED) is 0.199. The van der Waals surface area contributed by atoms with E-state index >= 15 is 0 Å². The van der Waals surface area contributed by atoms with Crippen molar-refractivity contribution in [2.45, 2.75) is 302 Å². The molecule has 3 saturated carbocycles. The van der Waals surface area contributed by atoms with Crippen LogP contribution in [0.15, 0.2) is 12.4 Å². The number of ether oxygens (including phenoxy) is 3. The largest absolute Gasteiger partial charge is 0.392 e. The van der Waals surface area contributed by atoms with Crippen molar-refractivity contribution in [2.75, 3.05) is 47.2 Å². The summed E-state index contributed by atoms with van der Waals surface area (Å²) in [6.07, 6.45) is 17.5. The fourth-order valence-electron chi connectivity index (χ4n) is 9.80. The van der Waals surface area contributed by atoms with Gasteiger partial charge in [-0.2, -0.15) is 44.0 Å². The minimum atomic E-state index is -4.06. The number of rotatable bonds is 5. The van der Waals surface area contributed by atoms with Crippen LogP contribution < -0.4 is 5.32 Å². The van der Waals surface area contributed by atoms with E-state index in [0.29, 0.717) is 32.8 Å². The molecule has 1 amide bonds. The smallest absolute Gasteiger partial charge is 0.384 e. The van der Waals surface area contributed by atoms with Crippen LogP contribution in [0.5, 0.6) is 0 Å². The molecule has 5 fully saturated rings. The van der Waals surface area contributed by atoms with E-state index in [0.717, 1.165) is 45.1 Å². The summed E-state index contributed by atoms with van der Waals surface area (Å²) >= 11 is 0. The summed E-state index contributed by atoms with van der Waals surface area (Å²) in [7, 11) is 3.25. The number of terminal acetylenes is 3. The standard InChI is InChI=1S/C10H15F2N3.C10H17F2NO.C9H17N3.C9H18O2.C9H14.C9H16.C8H16O.C7H13F3.C7H12/c1-8(2,3)9(5-10(11,12)6-9)7-4-13-15-14-7;1-8(2,3)9(7(14)13-4)5-10(11,12)6-9;1-8(2,3)9(4,5)7-6-10-12-11-7;1-8(2,3)9(5-10-4)6-11-7-9;1-5-9(6-7-9)8(2,3)4;1-7-9(5,6)8(2,3)4;1-7(2,3)8(4)5-9-6-8;1-5(6(2,3)4)7(8,9)10;1-5-6-7(2,3)4/h4H,5-6H2,1-3H3,(H,13,14,15);5-6H2,1-4H3,(H,13,14);6H,1-5H3,(H,10,11,12);5-7H2,1-4H3;1H,6-7H2,2-4H3;1H,2-6H3;5-6H2,1-4H3;5H,1-4H3;1H,6H2,2-4H3/t;;;;;;;5-;/m.......0./s1. The van der Waals surface area contributed by atoms with Gasteiger partial charge in [0.1, 0.15) is 0 Å². The number of hydrogen-bond acceptors (Lipinski definition) is 8. The van der Waals surface area contributed by atoms with Crippen LogP contribution in [-0.2, 0) is 29.8 Å². The van der Waals surface area contributed by atoms with Gasteiger partial charge in [0.05, 0.1) is 68.1 Å². The highest BCUT2D eigenvalue weighted by Gasteiger charge is 2.66. The SMILES string of the molecule is C#CC(C)(C)C(C)(C)C.C#CC1(C(C)(C)C)CC1.C#CCC(C)(C)C.CC(C)(C)C(C)(C)c1cn[nH]n1.CC(C)(C)C1(C)COC1.CC(C)(C)C1(c2cn[nH]n2)CC(F)(F)C1.CNC(=O)C1(C(C)(C)C)CC(F)(F)C1.COCC1(C(C)(C)C)COC1.C[C@@H](C(C)(C)C)C(F)(F)F. The van der Waals surface area contributed by atoms with Gasteiger partial charge in [0.2, 0.25) is 17.8 Å². The van der Waals surface area contributed by atoms with Gasteiger partial charge in [-0.15, -0.1) is 25.2 Å². The van der Waals surface area contributed by atoms with Gasteiger partial charge >= 0.3 is 6.18 Å². The zero-order valence-corrected chi connectivity index (χ0v) is 67.0. The molecular formula is C78H138F7N7O4. The van der Waals surface area contributed by atoms with E-state index in [2.05, 4.69) is 213 Å². The van der Waals surface area contributed by atoms with Crippen molar-refractivity contribution in [3.8, 4) is 37.0 Å².